The van der Waals surface area contributed by atoms with Crippen LogP contribution < -0.4 is 14.5 Å². The molecule has 2 aliphatic rings. The summed E-state index contributed by atoms with van der Waals surface area (Å²) in [6, 6.07) is 21.7. The third-order valence-electron chi connectivity index (χ3n) is 7.32. The highest BCUT2D eigenvalue weighted by atomic mass is 35.5. The summed E-state index contributed by atoms with van der Waals surface area (Å²) in [5.74, 6) is 0.469. The van der Waals surface area contributed by atoms with Crippen LogP contribution in [-0.2, 0) is 9.53 Å². The van der Waals surface area contributed by atoms with Crippen molar-refractivity contribution in [3.8, 4) is 5.75 Å². The van der Waals surface area contributed by atoms with Gasteiger partial charge in [-0.25, -0.2) is 4.79 Å². The van der Waals surface area contributed by atoms with Gasteiger partial charge in [-0.05, 0) is 79.9 Å². The maximum absolute atomic E-state index is 13.8. The molecule has 0 saturated carbocycles. The number of cyclic esters (lactones) is 1. The monoisotopic (exact) mass is 561 g/mol. The summed E-state index contributed by atoms with van der Waals surface area (Å²) in [7, 11) is 0. The number of rotatable bonds is 8. The molecule has 2 aliphatic heterocycles. The molecule has 9 heteroatoms. The maximum atomic E-state index is 13.8. The quantitative estimate of drug-likeness (QED) is 0.311. The first kappa shape index (κ1) is 27.5. The number of amides is 3. The zero-order valence-electron chi connectivity index (χ0n) is 22.6. The Kier molecular flexibility index (Phi) is 8.26. The minimum atomic E-state index is -0.276. The summed E-state index contributed by atoms with van der Waals surface area (Å²) < 4.78 is 10.8. The van der Waals surface area contributed by atoms with E-state index in [-0.39, 0.29) is 30.0 Å². The fraction of sp³-hybridized carbons (Fsp3) is 0.323. The number of anilines is 2. The summed E-state index contributed by atoms with van der Waals surface area (Å²) in [5, 5.41) is 0.603. The van der Waals surface area contributed by atoms with E-state index in [0.29, 0.717) is 55.5 Å². The van der Waals surface area contributed by atoms with Gasteiger partial charge in [0.05, 0.1) is 19.2 Å². The van der Waals surface area contributed by atoms with Crippen molar-refractivity contribution in [3.05, 3.63) is 88.9 Å². The van der Waals surface area contributed by atoms with Gasteiger partial charge in [0, 0.05) is 41.5 Å². The SMILES string of the molecule is CC(=O)N(c1ccc(Cl)cc1)C1CC(C)N(C(=O)c2ccc(OCCCN3CCOC3=O)cc2)c2ccccc21. The van der Waals surface area contributed by atoms with Crippen molar-refractivity contribution in [2.75, 3.05) is 36.1 Å². The van der Waals surface area contributed by atoms with Crippen LogP contribution in [0.2, 0.25) is 5.02 Å². The normalized spacial score (nSPS) is 18.2. The van der Waals surface area contributed by atoms with E-state index in [1.165, 1.54) is 0 Å². The number of hydrogen-bond acceptors (Lipinski definition) is 5. The predicted molar refractivity (Wildman–Crippen MR) is 154 cm³/mol. The Bertz CT molecular complexity index is 1380. The van der Waals surface area contributed by atoms with Gasteiger partial charge in [-0.2, -0.15) is 0 Å². The van der Waals surface area contributed by atoms with E-state index >= 15 is 0 Å². The fourth-order valence-corrected chi connectivity index (χ4v) is 5.55. The van der Waals surface area contributed by atoms with E-state index in [4.69, 9.17) is 21.1 Å². The van der Waals surface area contributed by atoms with Gasteiger partial charge in [0.15, 0.2) is 0 Å². The van der Waals surface area contributed by atoms with E-state index in [1.54, 1.807) is 53.1 Å². The average molecular weight is 562 g/mol. The predicted octanol–water partition coefficient (Wildman–Crippen LogP) is 6.09. The van der Waals surface area contributed by atoms with E-state index in [9.17, 15) is 14.4 Å². The van der Waals surface area contributed by atoms with E-state index < -0.39 is 0 Å². The fourth-order valence-electron chi connectivity index (χ4n) is 5.43. The Morgan fingerprint density at radius 1 is 1.05 bits per heavy atom. The lowest BCUT2D eigenvalue weighted by molar-refractivity contribution is -0.117. The number of carbonyl (C=O) groups excluding carboxylic acids is 3. The van der Waals surface area contributed by atoms with Crippen LogP contribution in [0.1, 0.15) is 48.7 Å². The standard InChI is InChI=1S/C31H32ClN3O5/c1-21-20-29(35(22(2)36)25-12-10-24(32)11-13-25)27-6-3-4-7-28(27)34(21)30(37)23-8-14-26(15-9-23)39-18-5-16-33-17-19-40-31(33)38/h3-4,6-15,21,29H,5,16-20H2,1-2H3. The van der Waals surface area contributed by atoms with Gasteiger partial charge in [0.2, 0.25) is 5.91 Å². The maximum Gasteiger partial charge on any atom is 0.409 e. The number of nitrogens with zero attached hydrogens (tertiary/aromatic N) is 3. The molecular formula is C31H32ClN3O5. The molecule has 0 aromatic heterocycles. The van der Waals surface area contributed by atoms with Crippen LogP contribution in [0.4, 0.5) is 16.2 Å². The number of hydrogen-bond donors (Lipinski definition) is 0. The van der Waals surface area contributed by atoms with Crippen LogP contribution >= 0.6 is 11.6 Å². The molecule has 1 fully saturated rings. The Morgan fingerprint density at radius 3 is 2.45 bits per heavy atom. The van der Waals surface area contributed by atoms with Crippen molar-refractivity contribution in [1.82, 2.24) is 4.90 Å². The van der Waals surface area contributed by atoms with E-state index in [0.717, 1.165) is 16.9 Å². The molecule has 3 aromatic carbocycles. The van der Waals surface area contributed by atoms with Gasteiger partial charge >= 0.3 is 6.09 Å². The molecule has 5 rings (SSSR count). The largest absolute Gasteiger partial charge is 0.494 e. The Hall–Kier alpha value is -4.04. The lowest BCUT2D eigenvalue weighted by Gasteiger charge is -2.43. The Morgan fingerprint density at radius 2 is 1.77 bits per heavy atom. The molecule has 8 nitrogen and oxygen atoms in total. The van der Waals surface area contributed by atoms with Crippen molar-refractivity contribution in [1.29, 1.82) is 0 Å². The Labute approximate surface area is 239 Å². The number of ether oxygens (including phenoxy) is 2. The summed E-state index contributed by atoms with van der Waals surface area (Å²) in [4.78, 5) is 43.4. The third-order valence-corrected chi connectivity index (χ3v) is 7.57. The van der Waals surface area contributed by atoms with Crippen LogP contribution in [0.3, 0.4) is 0 Å². The van der Waals surface area contributed by atoms with E-state index in [2.05, 4.69) is 0 Å². The lowest BCUT2D eigenvalue weighted by atomic mass is 9.89. The van der Waals surface area contributed by atoms with Gasteiger partial charge in [0.25, 0.3) is 5.91 Å². The van der Waals surface area contributed by atoms with Gasteiger partial charge in [0.1, 0.15) is 12.4 Å². The molecule has 40 heavy (non-hydrogen) atoms. The van der Waals surface area contributed by atoms with Crippen molar-refractivity contribution in [2.45, 2.75) is 38.8 Å². The van der Waals surface area contributed by atoms with Gasteiger partial charge in [-0.15, -0.1) is 0 Å². The first-order valence-corrected chi connectivity index (χ1v) is 13.8. The van der Waals surface area contributed by atoms with Crippen molar-refractivity contribution in [2.24, 2.45) is 0 Å². The van der Waals surface area contributed by atoms with Crippen LogP contribution in [0, 0.1) is 0 Å². The third kappa shape index (κ3) is 5.77. The van der Waals surface area contributed by atoms with Crippen molar-refractivity contribution in [3.63, 3.8) is 0 Å². The molecule has 2 heterocycles. The second-order valence-corrected chi connectivity index (χ2v) is 10.5. The molecule has 0 bridgehead atoms. The van der Waals surface area contributed by atoms with Crippen molar-refractivity contribution < 1.29 is 23.9 Å². The van der Waals surface area contributed by atoms with Gasteiger partial charge in [-0.3, -0.25) is 9.59 Å². The molecule has 2 atom stereocenters. The van der Waals surface area contributed by atoms with E-state index in [1.807, 2.05) is 48.2 Å². The van der Waals surface area contributed by atoms with Crippen LogP contribution in [0.5, 0.6) is 5.75 Å². The minimum absolute atomic E-state index is 0.0787. The highest BCUT2D eigenvalue weighted by molar-refractivity contribution is 6.30. The smallest absolute Gasteiger partial charge is 0.409 e. The number of carbonyl (C=O) groups is 3. The van der Waals surface area contributed by atoms with Gasteiger partial charge in [-0.1, -0.05) is 29.8 Å². The number of para-hydroxylation sites is 1. The molecule has 0 N–H and O–H groups in total. The molecule has 1 saturated heterocycles. The van der Waals surface area contributed by atoms with Gasteiger partial charge < -0.3 is 24.2 Å². The summed E-state index contributed by atoms with van der Waals surface area (Å²) in [6.07, 6.45) is 0.991. The Balaban J connectivity index is 1.31. The molecule has 0 spiro atoms. The lowest BCUT2D eigenvalue weighted by Crippen LogP contribution is -2.47. The summed E-state index contributed by atoms with van der Waals surface area (Å²) in [6.45, 7) is 5.66. The summed E-state index contributed by atoms with van der Waals surface area (Å²) in [5.41, 5.74) is 3.02. The van der Waals surface area contributed by atoms with Crippen LogP contribution in [0.25, 0.3) is 0 Å². The average Bonchev–Trinajstić information content (AvgIpc) is 3.36. The molecule has 0 aliphatic carbocycles. The number of fused-ring (bicyclic) bond motifs is 1. The highest BCUT2D eigenvalue weighted by Gasteiger charge is 2.38. The number of benzene rings is 3. The molecule has 3 amide bonds. The van der Waals surface area contributed by atoms with Crippen LogP contribution in [-0.4, -0.2) is 55.2 Å². The molecular weight excluding hydrogens is 530 g/mol. The second-order valence-electron chi connectivity index (χ2n) is 10.0. The number of halogens is 1. The minimum Gasteiger partial charge on any atom is -0.494 e. The molecule has 3 aromatic rings. The first-order valence-electron chi connectivity index (χ1n) is 13.5. The molecule has 208 valence electrons. The van der Waals surface area contributed by atoms with Crippen molar-refractivity contribution >= 4 is 40.9 Å². The molecule has 0 radical (unpaired) electrons. The zero-order chi connectivity index (χ0) is 28.2. The zero-order valence-corrected chi connectivity index (χ0v) is 23.3. The highest BCUT2D eigenvalue weighted by Crippen LogP contribution is 2.43. The molecule has 2 unspecified atom stereocenters. The topological polar surface area (TPSA) is 79.4 Å². The second kappa shape index (κ2) is 12.0. The van der Waals surface area contributed by atoms with Crippen LogP contribution in [0.15, 0.2) is 72.8 Å². The first-order chi connectivity index (χ1) is 19.3. The summed E-state index contributed by atoms with van der Waals surface area (Å²) >= 11 is 6.10.